The molecule has 1 fully saturated rings. The molecular formula is C29H34ClFN6O4S. The molecular weight excluding hydrogens is 583 g/mol. The Balaban J connectivity index is 1.13. The number of carbonyl (C=O) groups is 1. The van der Waals surface area contributed by atoms with Crippen molar-refractivity contribution in [3.63, 3.8) is 0 Å². The molecule has 10 nitrogen and oxygen atoms in total. The van der Waals surface area contributed by atoms with Crippen LogP contribution >= 0.6 is 11.6 Å². The number of aromatic nitrogens is 2. The van der Waals surface area contributed by atoms with Crippen molar-refractivity contribution in [2.24, 2.45) is 0 Å². The minimum Gasteiger partial charge on any atom is -0.390 e. The smallest absolute Gasteiger partial charge is 0.322 e. The van der Waals surface area contributed by atoms with Crippen LogP contribution in [0.3, 0.4) is 0 Å². The molecule has 42 heavy (non-hydrogen) atoms. The van der Waals surface area contributed by atoms with Gasteiger partial charge in [-0.2, -0.15) is 9.40 Å². The molecule has 1 unspecified atom stereocenters. The third-order valence-electron chi connectivity index (χ3n) is 8.41. The third kappa shape index (κ3) is 5.91. The minimum atomic E-state index is -3.40. The van der Waals surface area contributed by atoms with Gasteiger partial charge in [0.15, 0.2) is 0 Å². The van der Waals surface area contributed by atoms with Crippen molar-refractivity contribution in [3.8, 4) is 11.3 Å². The molecule has 1 saturated heterocycles. The van der Waals surface area contributed by atoms with E-state index in [2.05, 4.69) is 10.2 Å². The van der Waals surface area contributed by atoms with E-state index in [1.165, 1.54) is 22.7 Å². The molecule has 0 saturated carbocycles. The van der Waals surface area contributed by atoms with Gasteiger partial charge in [-0.3, -0.25) is 9.58 Å². The van der Waals surface area contributed by atoms with Crippen LogP contribution in [0.2, 0.25) is 5.02 Å². The number of nitrogens with one attached hydrogen (secondary N) is 1. The highest BCUT2D eigenvalue weighted by Gasteiger charge is 2.34. The summed E-state index contributed by atoms with van der Waals surface area (Å²) < 4.78 is 41.4. The number of hydrogen-bond acceptors (Lipinski definition) is 6. The molecule has 4 heterocycles. The highest BCUT2D eigenvalue weighted by atomic mass is 35.5. The summed E-state index contributed by atoms with van der Waals surface area (Å²) >= 11 is 6.17. The lowest BCUT2D eigenvalue weighted by molar-refractivity contribution is 0.0814. The number of nitrogens with zero attached hydrogens (tertiary/aromatic N) is 5. The summed E-state index contributed by atoms with van der Waals surface area (Å²) in [4.78, 5) is 16.8. The maximum atomic E-state index is 13.6. The number of anilines is 1. The number of carbonyl (C=O) groups excluding carboxylic acids is 1. The van der Waals surface area contributed by atoms with Gasteiger partial charge in [0, 0.05) is 73.6 Å². The fraction of sp³-hybridized carbons (Fsp3) is 0.448. The normalized spacial score (nSPS) is 19.3. The number of halogens is 2. The van der Waals surface area contributed by atoms with Gasteiger partial charge in [-0.25, -0.2) is 17.6 Å². The Morgan fingerprint density at radius 3 is 2.57 bits per heavy atom. The second-order valence-electron chi connectivity index (χ2n) is 11.3. The largest absolute Gasteiger partial charge is 0.390 e. The summed E-state index contributed by atoms with van der Waals surface area (Å²) in [5.41, 5.74) is 4.88. The number of likely N-dealkylation sites (tertiary alicyclic amines) is 1. The van der Waals surface area contributed by atoms with Crippen molar-refractivity contribution >= 4 is 33.3 Å². The van der Waals surface area contributed by atoms with Gasteiger partial charge < -0.3 is 15.3 Å². The first kappa shape index (κ1) is 29.1. The van der Waals surface area contributed by atoms with Crippen molar-refractivity contribution in [2.75, 3.05) is 37.3 Å². The van der Waals surface area contributed by atoms with Crippen LogP contribution in [0, 0.1) is 5.82 Å². The zero-order valence-corrected chi connectivity index (χ0v) is 24.9. The fourth-order valence-electron chi connectivity index (χ4n) is 6.31. The molecule has 2 N–H and O–H groups in total. The van der Waals surface area contributed by atoms with Gasteiger partial charge in [-0.15, -0.1) is 0 Å². The van der Waals surface area contributed by atoms with Crippen LogP contribution in [0.5, 0.6) is 0 Å². The second-order valence-corrected chi connectivity index (χ2v) is 13.7. The van der Waals surface area contributed by atoms with Crippen molar-refractivity contribution in [3.05, 3.63) is 70.1 Å². The maximum absolute atomic E-state index is 13.6. The fourth-order valence-corrected chi connectivity index (χ4v) is 7.30. The Kier molecular flexibility index (Phi) is 8.01. The van der Waals surface area contributed by atoms with Crippen molar-refractivity contribution in [2.45, 2.75) is 51.0 Å². The van der Waals surface area contributed by atoms with Crippen LogP contribution in [0.1, 0.15) is 29.7 Å². The quantitative estimate of drug-likeness (QED) is 0.422. The van der Waals surface area contributed by atoms with Crippen LogP contribution in [-0.4, -0.2) is 83.1 Å². The summed E-state index contributed by atoms with van der Waals surface area (Å²) in [5, 5.41) is 19.5. The molecule has 0 bridgehead atoms. The summed E-state index contributed by atoms with van der Waals surface area (Å²) in [7, 11) is -3.40. The van der Waals surface area contributed by atoms with E-state index in [9.17, 15) is 22.7 Å². The van der Waals surface area contributed by atoms with Crippen molar-refractivity contribution in [1.82, 2.24) is 24.3 Å². The zero-order valence-electron chi connectivity index (χ0n) is 23.3. The predicted molar refractivity (Wildman–Crippen MR) is 158 cm³/mol. The lowest BCUT2D eigenvalue weighted by Crippen LogP contribution is -2.54. The van der Waals surface area contributed by atoms with E-state index >= 15 is 0 Å². The molecule has 0 radical (unpaired) electrons. The van der Waals surface area contributed by atoms with Crippen molar-refractivity contribution < 1.29 is 22.7 Å². The maximum Gasteiger partial charge on any atom is 0.322 e. The van der Waals surface area contributed by atoms with E-state index in [4.69, 9.17) is 16.7 Å². The van der Waals surface area contributed by atoms with Crippen LogP contribution in [0.15, 0.2) is 42.5 Å². The highest BCUT2D eigenvalue weighted by molar-refractivity contribution is 7.88. The number of rotatable bonds is 7. The van der Waals surface area contributed by atoms with Crippen LogP contribution in [0.4, 0.5) is 14.9 Å². The van der Waals surface area contributed by atoms with E-state index in [-0.39, 0.29) is 31.0 Å². The number of sulfonamides is 1. The SMILES string of the molecule is CS(=O)(=O)N1CCc2c(c(-c3ccc(F)cc3)nn2CC(O)CN2CCC(N3C(=O)NCc4cc(Cl)ccc43)CC2)C1. The summed E-state index contributed by atoms with van der Waals surface area (Å²) in [6, 6.07) is 11.6. The topological polar surface area (TPSA) is 111 Å². The van der Waals surface area contributed by atoms with Gasteiger partial charge >= 0.3 is 6.03 Å². The van der Waals surface area contributed by atoms with Gasteiger partial charge in [-0.05, 0) is 60.9 Å². The van der Waals surface area contributed by atoms with Crippen LogP contribution < -0.4 is 10.2 Å². The number of fused-ring (bicyclic) bond motifs is 2. The number of amides is 2. The first-order valence-electron chi connectivity index (χ1n) is 14.1. The molecule has 0 spiro atoms. The molecule has 0 aliphatic carbocycles. The molecule has 3 aliphatic rings. The Hall–Kier alpha value is -3.03. The molecule has 3 aliphatic heterocycles. The number of benzene rings is 2. The average Bonchev–Trinajstić information content (AvgIpc) is 3.31. The number of β-amino-alcohol motifs (C(OH)–C–C–N with tert-alkyl or cyclic N) is 1. The Morgan fingerprint density at radius 2 is 1.86 bits per heavy atom. The Morgan fingerprint density at radius 1 is 1.12 bits per heavy atom. The van der Waals surface area contributed by atoms with Gasteiger partial charge in [0.2, 0.25) is 10.0 Å². The van der Waals surface area contributed by atoms with E-state index in [1.807, 2.05) is 23.1 Å². The van der Waals surface area contributed by atoms with Crippen LogP contribution in [-0.2, 0) is 36.1 Å². The van der Waals surface area contributed by atoms with E-state index < -0.39 is 16.1 Å². The molecule has 3 aromatic rings. The standard InChI is InChI=1S/C29H34ClFN6O4S/c1-42(40,41)35-13-10-27-25(18-35)28(19-2-5-22(31)6-3-19)33-36(27)17-24(38)16-34-11-8-23(9-12-34)37-26-7-4-21(30)14-20(26)15-32-29(37)39/h2-7,14,23-24,38H,8-13,15-18H2,1H3,(H,32,39). The molecule has 1 atom stereocenters. The molecule has 1 aromatic heterocycles. The van der Waals surface area contributed by atoms with E-state index in [0.29, 0.717) is 42.3 Å². The summed E-state index contributed by atoms with van der Waals surface area (Å²) in [6.45, 7) is 3.15. The first-order chi connectivity index (χ1) is 20.1. The minimum absolute atomic E-state index is 0.0489. The summed E-state index contributed by atoms with van der Waals surface area (Å²) in [5.74, 6) is -0.362. The molecule has 2 aromatic carbocycles. The number of urea groups is 1. The lowest BCUT2D eigenvalue weighted by atomic mass is 9.99. The third-order valence-corrected chi connectivity index (χ3v) is 9.90. The molecule has 6 rings (SSSR count). The van der Waals surface area contributed by atoms with Crippen molar-refractivity contribution in [1.29, 1.82) is 0 Å². The van der Waals surface area contributed by atoms with Gasteiger partial charge in [0.05, 0.1) is 30.3 Å². The predicted octanol–water partition coefficient (Wildman–Crippen LogP) is 3.22. The average molecular weight is 617 g/mol. The zero-order chi connectivity index (χ0) is 29.6. The number of aliphatic hydroxyl groups excluding tert-OH is 1. The van der Waals surface area contributed by atoms with Crippen LogP contribution in [0.25, 0.3) is 11.3 Å². The monoisotopic (exact) mass is 616 g/mol. The number of aliphatic hydroxyl groups is 1. The van der Waals surface area contributed by atoms with Gasteiger partial charge in [-0.1, -0.05) is 11.6 Å². The Bertz CT molecular complexity index is 1590. The Labute approximate surface area is 249 Å². The first-order valence-corrected chi connectivity index (χ1v) is 16.3. The molecule has 13 heteroatoms. The van der Waals surface area contributed by atoms with E-state index in [1.54, 1.807) is 16.8 Å². The van der Waals surface area contributed by atoms with Gasteiger partial charge in [0.1, 0.15) is 5.82 Å². The number of hydrogen-bond donors (Lipinski definition) is 2. The van der Waals surface area contributed by atoms with Gasteiger partial charge in [0.25, 0.3) is 0 Å². The summed E-state index contributed by atoms with van der Waals surface area (Å²) in [6.07, 6.45) is 2.50. The highest BCUT2D eigenvalue weighted by Crippen LogP contribution is 2.33. The number of piperidine rings is 1. The molecule has 2 amide bonds. The molecule has 224 valence electrons. The second kappa shape index (κ2) is 11.6. The van der Waals surface area contributed by atoms with E-state index in [0.717, 1.165) is 48.4 Å². The lowest BCUT2D eigenvalue weighted by Gasteiger charge is -2.41.